The number of imide groups is 1. The van der Waals surface area contributed by atoms with Crippen LogP contribution in [-0.4, -0.2) is 47.7 Å². The van der Waals surface area contributed by atoms with Crippen molar-refractivity contribution in [2.75, 3.05) is 25.9 Å². The zero-order valence-corrected chi connectivity index (χ0v) is 10.8. The molecule has 1 heterocycles. The summed E-state index contributed by atoms with van der Waals surface area (Å²) < 4.78 is 0. The van der Waals surface area contributed by atoms with Gasteiger partial charge in [0.25, 0.3) is 11.8 Å². The number of likely N-dealkylation sites (N-methyl/N-ethyl adjacent to an activating group) is 1. The van der Waals surface area contributed by atoms with Crippen molar-refractivity contribution in [2.45, 2.75) is 6.92 Å². The zero-order valence-electron chi connectivity index (χ0n) is 10.8. The number of nitrogen functional groups attached to an aromatic ring is 1. The number of amides is 3. The molecule has 1 aliphatic heterocycles. The number of rotatable bonds is 3. The molecule has 0 aromatic heterocycles. The van der Waals surface area contributed by atoms with E-state index in [9.17, 15) is 14.4 Å². The number of nitrogens with two attached hydrogens (primary N) is 1. The fourth-order valence-electron chi connectivity index (χ4n) is 1.88. The first-order valence-corrected chi connectivity index (χ1v) is 5.95. The van der Waals surface area contributed by atoms with E-state index in [4.69, 9.17) is 5.73 Å². The average Bonchev–Trinajstić information content (AvgIpc) is 2.62. The SMILES string of the molecule is CCN(C)C(=O)CN1C(=O)c2ccc(N)cc2C1=O. The highest BCUT2D eigenvalue weighted by molar-refractivity contribution is 6.22. The summed E-state index contributed by atoms with van der Waals surface area (Å²) in [5.41, 5.74) is 6.57. The average molecular weight is 261 g/mol. The predicted molar refractivity (Wildman–Crippen MR) is 69.5 cm³/mol. The number of anilines is 1. The van der Waals surface area contributed by atoms with Crippen LogP contribution in [0.25, 0.3) is 0 Å². The van der Waals surface area contributed by atoms with E-state index in [1.54, 1.807) is 13.1 Å². The van der Waals surface area contributed by atoms with Crippen LogP contribution in [0.3, 0.4) is 0 Å². The molecule has 1 aromatic carbocycles. The Bertz CT molecular complexity index is 568. The third-order valence-electron chi connectivity index (χ3n) is 3.19. The van der Waals surface area contributed by atoms with E-state index in [1.807, 2.05) is 6.92 Å². The molecule has 0 saturated heterocycles. The zero-order chi connectivity index (χ0) is 14.2. The van der Waals surface area contributed by atoms with Gasteiger partial charge in [-0.25, -0.2) is 0 Å². The van der Waals surface area contributed by atoms with Gasteiger partial charge < -0.3 is 10.6 Å². The van der Waals surface area contributed by atoms with Crippen molar-refractivity contribution in [3.05, 3.63) is 29.3 Å². The second kappa shape index (κ2) is 4.72. The molecule has 0 bridgehead atoms. The molecular formula is C13H15N3O3. The second-order valence-electron chi connectivity index (χ2n) is 4.41. The molecule has 0 aliphatic carbocycles. The number of fused-ring (bicyclic) bond motifs is 1. The van der Waals surface area contributed by atoms with E-state index >= 15 is 0 Å². The molecular weight excluding hydrogens is 246 g/mol. The largest absolute Gasteiger partial charge is 0.399 e. The number of hydrogen-bond acceptors (Lipinski definition) is 4. The molecule has 0 fully saturated rings. The lowest BCUT2D eigenvalue weighted by Crippen LogP contribution is -2.41. The van der Waals surface area contributed by atoms with E-state index in [0.717, 1.165) is 4.90 Å². The predicted octanol–water partition coefficient (Wildman–Crippen LogP) is 0.343. The molecule has 0 saturated carbocycles. The maximum absolute atomic E-state index is 12.1. The Morgan fingerprint density at radius 3 is 2.53 bits per heavy atom. The molecule has 0 radical (unpaired) electrons. The normalized spacial score (nSPS) is 13.7. The number of nitrogens with zero attached hydrogens (tertiary/aromatic N) is 2. The van der Waals surface area contributed by atoms with E-state index in [-0.39, 0.29) is 18.0 Å². The van der Waals surface area contributed by atoms with Gasteiger partial charge in [-0.05, 0) is 25.1 Å². The third kappa shape index (κ3) is 2.16. The smallest absolute Gasteiger partial charge is 0.262 e. The number of hydrogen-bond donors (Lipinski definition) is 1. The molecule has 0 atom stereocenters. The van der Waals surface area contributed by atoms with E-state index in [2.05, 4.69) is 0 Å². The summed E-state index contributed by atoms with van der Waals surface area (Å²) in [6.07, 6.45) is 0. The highest BCUT2D eigenvalue weighted by Gasteiger charge is 2.36. The van der Waals surface area contributed by atoms with Gasteiger partial charge >= 0.3 is 0 Å². The summed E-state index contributed by atoms with van der Waals surface area (Å²) >= 11 is 0. The van der Waals surface area contributed by atoms with Crippen molar-refractivity contribution < 1.29 is 14.4 Å². The molecule has 2 rings (SSSR count). The van der Waals surface area contributed by atoms with Crippen molar-refractivity contribution in [3.63, 3.8) is 0 Å². The lowest BCUT2D eigenvalue weighted by molar-refractivity contribution is -0.130. The topological polar surface area (TPSA) is 83.7 Å². The first kappa shape index (κ1) is 13.1. The van der Waals surface area contributed by atoms with E-state index in [1.165, 1.54) is 17.0 Å². The van der Waals surface area contributed by atoms with Crippen LogP contribution in [0.4, 0.5) is 5.69 Å². The van der Waals surface area contributed by atoms with Gasteiger partial charge in [0.2, 0.25) is 5.91 Å². The highest BCUT2D eigenvalue weighted by Crippen LogP contribution is 2.24. The minimum Gasteiger partial charge on any atom is -0.399 e. The Hall–Kier alpha value is -2.37. The Morgan fingerprint density at radius 1 is 1.26 bits per heavy atom. The van der Waals surface area contributed by atoms with Crippen molar-refractivity contribution in [3.8, 4) is 0 Å². The van der Waals surface area contributed by atoms with E-state index < -0.39 is 11.8 Å². The summed E-state index contributed by atoms with van der Waals surface area (Å²) in [5.74, 6) is -1.19. The molecule has 0 spiro atoms. The summed E-state index contributed by atoms with van der Waals surface area (Å²) in [7, 11) is 1.62. The van der Waals surface area contributed by atoms with Gasteiger partial charge in [0.1, 0.15) is 6.54 Å². The fourth-order valence-corrected chi connectivity index (χ4v) is 1.88. The first-order chi connectivity index (χ1) is 8.95. The van der Waals surface area contributed by atoms with Gasteiger partial charge in [0, 0.05) is 19.3 Å². The monoisotopic (exact) mass is 261 g/mol. The van der Waals surface area contributed by atoms with Crippen molar-refractivity contribution in [1.29, 1.82) is 0 Å². The first-order valence-electron chi connectivity index (χ1n) is 5.95. The van der Waals surface area contributed by atoms with Crippen LogP contribution < -0.4 is 5.73 Å². The van der Waals surface area contributed by atoms with Crippen LogP contribution in [0.5, 0.6) is 0 Å². The standard InChI is InChI=1S/C13H15N3O3/c1-3-15(2)11(17)7-16-12(18)9-5-4-8(14)6-10(9)13(16)19/h4-6H,3,7,14H2,1-2H3. The van der Waals surface area contributed by atoms with Crippen LogP contribution in [0.1, 0.15) is 27.6 Å². The molecule has 1 aliphatic rings. The maximum atomic E-state index is 12.1. The summed E-state index contributed by atoms with van der Waals surface area (Å²) in [6.45, 7) is 2.10. The quantitative estimate of drug-likeness (QED) is 0.628. The summed E-state index contributed by atoms with van der Waals surface area (Å²) in [5, 5.41) is 0. The second-order valence-corrected chi connectivity index (χ2v) is 4.41. The van der Waals surface area contributed by atoms with Crippen LogP contribution in [-0.2, 0) is 4.79 Å². The minimum absolute atomic E-state index is 0.239. The van der Waals surface area contributed by atoms with Crippen molar-refractivity contribution in [2.24, 2.45) is 0 Å². The number of carbonyl (C=O) groups excluding carboxylic acids is 3. The molecule has 3 amide bonds. The lowest BCUT2D eigenvalue weighted by atomic mass is 10.1. The Labute approximate surface area is 110 Å². The van der Waals surface area contributed by atoms with E-state index in [0.29, 0.717) is 17.8 Å². The Kier molecular flexibility index (Phi) is 3.25. The molecule has 1 aromatic rings. The maximum Gasteiger partial charge on any atom is 0.262 e. The molecule has 19 heavy (non-hydrogen) atoms. The Morgan fingerprint density at radius 2 is 1.89 bits per heavy atom. The molecule has 100 valence electrons. The molecule has 6 nitrogen and oxygen atoms in total. The number of benzene rings is 1. The summed E-state index contributed by atoms with van der Waals surface area (Å²) in [4.78, 5) is 38.4. The lowest BCUT2D eigenvalue weighted by Gasteiger charge is -2.18. The van der Waals surface area contributed by atoms with Crippen molar-refractivity contribution >= 4 is 23.4 Å². The van der Waals surface area contributed by atoms with Gasteiger partial charge in [-0.2, -0.15) is 0 Å². The fraction of sp³-hybridized carbons (Fsp3) is 0.308. The van der Waals surface area contributed by atoms with Gasteiger partial charge in [0.05, 0.1) is 11.1 Å². The van der Waals surface area contributed by atoms with Crippen LogP contribution in [0, 0.1) is 0 Å². The molecule has 0 unspecified atom stereocenters. The molecule has 6 heteroatoms. The van der Waals surface area contributed by atoms with Gasteiger partial charge in [0.15, 0.2) is 0 Å². The van der Waals surface area contributed by atoms with Gasteiger partial charge in [-0.1, -0.05) is 0 Å². The number of carbonyl (C=O) groups is 3. The Balaban J connectivity index is 2.25. The summed E-state index contributed by atoms with van der Waals surface area (Å²) in [6, 6.07) is 4.54. The highest BCUT2D eigenvalue weighted by atomic mass is 16.2. The molecule has 2 N–H and O–H groups in total. The third-order valence-corrected chi connectivity index (χ3v) is 3.19. The van der Waals surface area contributed by atoms with Gasteiger partial charge in [-0.15, -0.1) is 0 Å². The van der Waals surface area contributed by atoms with Crippen LogP contribution in [0.15, 0.2) is 18.2 Å². The van der Waals surface area contributed by atoms with Gasteiger partial charge in [-0.3, -0.25) is 19.3 Å². The van der Waals surface area contributed by atoms with Crippen molar-refractivity contribution in [1.82, 2.24) is 9.80 Å². The van der Waals surface area contributed by atoms with Crippen LogP contribution in [0.2, 0.25) is 0 Å². The minimum atomic E-state index is -0.467. The van der Waals surface area contributed by atoms with Crippen LogP contribution >= 0.6 is 0 Å².